The maximum atomic E-state index is 12.3. The summed E-state index contributed by atoms with van der Waals surface area (Å²) in [6.07, 6.45) is 7.60. The number of nitrogens with zero attached hydrogens (tertiary/aromatic N) is 4. The van der Waals surface area contributed by atoms with Gasteiger partial charge in [-0.3, -0.25) is 9.78 Å². The summed E-state index contributed by atoms with van der Waals surface area (Å²) in [5, 5.41) is 12.0. The fourth-order valence-corrected chi connectivity index (χ4v) is 2.44. The number of aliphatic hydroxyl groups excluding tert-OH is 1. The summed E-state index contributed by atoms with van der Waals surface area (Å²) in [7, 11) is 0. The van der Waals surface area contributed by atoms with Crippen LogP contribution in [0.4, 0.5) is 0 Å². The van der Waals surface area contributed by atoms with Crippen LogP contribution in [0.15, 0.2) is 49.2 Å². The Balaban J connectivity index is 1.77. The Kier molecular flexibility index (Phi) is 6.53. The Morgan fingerprint density at radius 1 is 1.17 bits per heavy atom. The fraction of sp³-hybridized carbons (Fsp3) is 0.286. The van der Waals surface area contributed by atoms with Gasteiger partial charge in [0, 0.05) is 30.4 Å². The normalized spacial score (nSPS) is 11.1. The molecule has 0 unspecified atom stereocenters. The number of ether oxygens (including phenoxy) is 2. The molecule has 0 aliphatic rings. The van der Waals surface area contributed by atoms with Gasteiger partial charge >= 0.3 is 0 Å². The number of aromatic nitrogens is 4. The molecule has 0 fully saturated rings. The standard InChI is InChI=1S/C21H23N5O4/c1-4-29-17-6-5-7-23-20(17)30-16-8-14(9-22-12-16)18-24-10-15(11-25-18)19(28)26-21(2,3)13-27/h5-12,27H,4,13H2,1-3H3,(H,26,28). The summed E-state index contributed by atoms with van der Waals surface area (Å²) in [4.78, 5) is 29.1. The van der Waals surface area contributed by atoms with Gasteiger partial charge in [-0.15, -0.1) is 0 Å². The lowest BCUT2D eigenvalue weighted by molar-refractivity contribution is 0.0868. The maximum Gasteiger partial charge on any atom is 0.262 e. The van der Waals surface area contributed by atoms with E-state index in [2.05, 4.69) is 25.3 Å². The molecule has 0 spiro atoms. The van der Waals surface area contributed by atoms with Gasteiger partial charge in [0.05, 0.1) is 30.5 Å². The van der Waals surface area contributed by atoms with Crippen molar-refractivity contribution in [2.45, 2.75) is 26.3 Å². The number of carbonyl (C=O) groups excluding carboxylic acids is 1. The van der Waals surface area contributed by atoms with Crippen LogP contribution in [0.3, 0.4) is 0 Å². The van der Waals surface area contributed by atoms with Gasteiger partial charge < -0.3 is 19.9 Å². The molecule has 0 radical (unpaired) electrons. The zero-order chi connectivity index (χ0) is 21.6. The molecule has 9 heteroatoms. The quantitative estimate of drug-likeness (QED) is 0.583. The summed E-state index contributed by atoms with van der Waals surface area (Å²) < 4.78 is 11.3. The van der Waals surface area contributed by atoms with E-state index < -0.39 is 5.54 Å². The first-order chi connectivity index (χ1) is 14.4. The van der Waals surface area contributed by atoms with Crippen LogP contribution in [0.25, 0.3) is 11.4 Å². The molecule has 0 aliphatic heterocycles. The highest BCUT2D eigenvalue weighted by atomic mass is 16.5. The molecular formula is C21H23N5O4. The molecule has 0 atom stereocenters. The third-order valence-corrected chi connectivity index (χ3v) is 3.98. The average Bonchev–Trinajstić information content (AvgIpc) is 2.75. The van der Waals surface area contributed by atoms with E-state index in [-0.39, 0.29) is 18.1 Å². The summed E-state index contributed by atoms with van der Waals surface area (Å²) >= 11 is 0. The highest BCUT2D eigenvalue weighted by Crippen LogP contribution is 2.30. The zero-order valence-corrected chi connectivity index (χ0v) is 17.0. The number of pyridine rings is 2. The highest BCUT2D eigenvalue weighted by Gasteiger charge is 2.20. The highest BCUT2D eigenvalue weighted by molar-refractivity contribution is 5.94. The fourth-order valence-electron chi connectivity index (χ4n) is 2.44. The van der Waals surface area contributed by atoms with Crippen LogP contribution in [0.1, 0.15) is 31.1 Å². The van der Waals surface area contributed by atoms with Gasteiger partial charge in [0.15, 0.2) is 11.6 Å². The van der Waals surface area contributed by atoms with Crippen molar-refractivity contribution in [3.63, 3.8) is 0 Å². The summed E-state index contributed by atoms with van der Waals surface area (Å²) in [5.41, 5.74) is 0.163. The third-order valence-electron chi connectivity index (χ3n) is 3.98. The topological polar surface area (TPSA) is 119 Å². The van der Waals surface area contributed by atoms with Crippen molar-refractivity contribution >= 4 is 5.91 Å². The van der Waals surface area contributed by atoms with Crippen LogP contribution in [0, 0.1) is 0 Å². The van der Waals surface area contributed by atoms with E-state index >= 15 is 0 Å². The predicted molar refractivity (Wildman–Crippen MR) is 109 cm³/mol. The van der Waals surface area contributed by atoms with Gasteiger partial charge in [-0.1, -0.05) is 0 Å². The molecule has 3 rings (SSSR count). The zero-order valence-electron chi connectivity index (χ0n) is 17.0. The number of carbonyl (C=O) groups is 1. The molecule has 3 aromatic heterocycles. The van der Waals surface area contributed by atoms with Crippen molar-refractivity contribution in [1.29, 1.82) is 0 Å². The van der Waals surface area contributed by atoms with Gasteiger partial charge in [-0.2, -0.15) is 0 Å². The second-order valence-corrected chi connectivity index (χ2v) is 7.04. The molecule has 2 N–H and O–H groups in total. The van der Waals surface area contributed by atoms with Gasteiger partial charge in [0.25, 0.3) is 11.8 Å². The SMILES string of the molecule is CCOc1cccnc1Oc1cncc(-c2ncc(C(=O)NC(C)(C)CO)cn2)c1. The Hall–Kier alpha value is -3.59. The molecular weight excluding hydrogens is 386 g/mol. The van der Waals surface area contributed by atoms with Crippen LogP contribution in [0.2, 0.25) is 0 Å². The van der Waals surface area contributed by atoms with Crippen molar-refractivity contribution in [2.75, 3.05) is 13.2 Å². The minimum Gasteiger partial charge on any atom is -0.488 e. The number of amides is 1. The molecule has 3 heterocycles. The lowest BCUT2D eigenvalue weighted by atomic mass is 10.1. The van der Waals surface area contributed by atoms with Crippen molar-refractivity contribution in [2.24, 2.45) is 0 Å². The summed E-state index contributed by atoms with van der Waals surface area (Å²) in [6, 6.07) is 5.26. The van der Waals surface area contributed by atoms with Crippen molar-refractivity contribution in [3.05, 3.63) is 54.7 Å². The second-order valence-electron chi connectivity index (χ2n) is 7.04. The molecule has 0 aliphatic carbocycles. The van der Waals surface area contributed by atoms with Crippen LogP contribution in [-0.4, -0.2) is 49.7 Å². The first-order valence-corrected chi connectivity index (χ1v) is 9.38. The first-order valence-electron chi connectivity index (χ1n) is 9.38. The number of rotatable bonds is 8. The van der Waals surface area contributed by atoms with E-state index in [1.165, 1.54) is 12.4 Å². The van der Waals surface area contributed by atoms with E-state index in [1.54, 1.807) is 50.6 Å². The molecule has 0 saturated heterocycles. The van der Waals surface area contributed by atoms with Gasteiger partial charge in [-0.25, -0.2) is 15.0 Å². The van der Waals surface area contributed by atoms with Crippen molar-refractivity contribution < 1.29 is 19.4 Å². The van der Waals surface area contributed by atoms with E-state index in [4.69, 9.17) is 9.47 Å². The second kappa shape index (κ2) is 9.27. The van der Waals surface area contributed by atoms with Crippen molar-refractivity contribution in [3.8, 4) is 28.8 Å². The smallest absolute Gasteiger partial charge is 0.262 e. The van der Waals surface area contributed by atoms with Crippen LogP contribution >= 0.6 is 0 Å². The van der Waals surface area contributed by atoms with E-state index in [1.807, 2.05) is 6.92 Å². The van der Waals surface area contributed by atoms with Gasteiger partial charge in [-0.05, 0) is 39.0 Å². The van der Waals surface area contributed by atoms with Gasteiger partial charge in [0.1, 0.15) is 5.75 Å². The Morgan fingerprint density at radius 2 is 1.93 bits per heavy atom. The minimum atomic E-state index is -0.739. The number of aliphatic hydroxyl groups is 1. The molecule has 3 aromatic rings. The number of hydrogen-bond acceptors (Lipinski definition) is 8. The minimum absolute atomic E-state index is 0.183. The van der Waals surface area contributed by atoms with Crippen LogP contribution in [0.5, 0.6) is 17.4 Å². The lowest BCUT2D eigenvalue weighted by Gasteiger charge is -2.23. The average molecular weight is 409 g/mol. The lowest BCUT2D eigenvalue weighted by Crippen LogP contribution is -2.46. The molecule has 0 saturated carbocycles. The number of hydrogen-bond donors (Lipinski definition) is 2. The van der Waals surface area contributed by atoms with Crippen molar-refractivity contribution in [1.82, 2.24) is 25.3 Å². The Labute approximate surface area is 174 Å². The third kappa shape index (κ3) is 5.26. The molecule has 0 aromatic carbocycles. The Morgan fingerprint density at radius 3 is 2.63 bits per heavy atom. The Bertz CT molecular complexity index is 1010. The molecule has 0 bridgehead atoms. The molecule has 9 nitrogen and oxygen atoms in total. The predicted octanol–water partition coefficient (Wildman–Crippen LogP) is 2.63. The van der Waals surface area contributed by atoms with Crippen LogP contribution < -0.4 is 14.8 Å². The largest absolute Gasteiger partial charge is 0.488 e. The molecule has 156 valence electrons. The monoisotopic (exact) mass is 409 g/mol. The van der Waals surface area contributed by atoms with E-state index in [0.717, 1.165) is 0 Å². The van der Waals surface area contributed by atoms with E-state index in [9.17, 15) is 9.90 Å². The maximum absolute atomic E-state index is 12.3. The summed E-state index contributed by atoms with van der Waals surface area (Å²) in [5.74, 6) is 1.33. The molecule has 30 heavy (non-hydrogen) atoms. The van der Waals surface area contributed by atoms with Crippen LogP contribution in [-0.2, 0) is 0 Å². The molecule has 1 amide bonds. The summed E-state index contributed by atoms with van der Waals surface area (Å²) in [6.45, 7) is 5.62. The van der Waals surface area contributed by atoms with E-state index in [0.29, 0.717) is 35.4 Å². The van der Waals surface area contributed by atoms with Gasteiger partial charge in [0.2, 0.25) is 0 Å². The number of nitrogens with one attached hydrogen (secondary N) is 1. The first kappa shape index (κ1) is 21.1.